The summed E-state index contributed by atoms with van der Waals surface area (Å²) in [6, 6.07) is 4.31. The quantitative estimate of drug-likeness (QED) is 0.648. The van der Waals surface area contributed by atoms with E-state index in [2.05, 4.69) is 0 Å². The molecule has 0 saturated carbocycles. The van der Waals surface area contributed by atoms with Crippen molar-refractivity contribution < 1.29 is 19.4 Å². The van der Waals surface area contributed by atoms with Crippen molar-refractivity contribution in [1.29, 1.82) is 0 Å². The first kappa shape index (κ1) is 13.2. The summed E-state index contributed by atoms with van der Waals surface area (Å²) in [6.45, 7) is 0.0294. The van der Waals surface area contributed by atoms with Gasteiger partial charge in [0, 0.05) is 18.3 Å². The number of carboxylic acids is 1. The summed E-state index contributed by atoms with van der Waals surface area (Å²) in [6.07, 6.45) is -0.206. The largest absolute Gasteiger partial charge is 0.482 e. The van der Waals surface area contributed by atoms with Gasteiger partial charge in [0.25, 0.3) is 5.91 Å². The average Bonchev–Trinajstić information content (AvgIpc) is 2.32. The van der Waals surface area contributed by atoms with Crippen molar-refractivity contribution in [3.63, 3.8) is 0 Å². The number of aliphatic carboxylic acids is 1. The SMILES string of the molecule is Nc1ccc2c(c1)N(CC(N)CC(=O)O)C(=O)CO2. The number of nitrogen functional groups attached to an aromatic ring is 1. The van der Waals surface area contributed by atoms with Crippen molar-refractivity contribution in [1.82, 2.24) is 0 Å². The van der Waals surface area contributed by atoms with Crippen LogP contribution >= 0.6 is 0 Å². The molecule has 0 saturated heterocycles. The molecule has 1 amide bonds. The number of nitrogens with zero attached hydrogens (tertiary/aromatic N) is 1. The fourth-order valence-electron chi connectivity index (χ4n) is 1.94. The van der Waals surface area contributed by atoms with Crippen molar-refractivity contribution in [3.05, 3.63) is 18.2 Å². The lowest BCUT2D eigenvalue weighted by Crippen LogP contribution is -2.46. The van der Waals surface area contributed by atoms with E-state index in [0.717, 1.165) is 0 Å². The van der Waals surface area contributed by atoms with Gasteiger partial charge in [0.2, 0.25) is 0 Å². The lowest BCUT2D eigenvalue weighted by atomic mass is 10.1. The Hall–Kier alpha value is -2.28. The van der Waals surface area contributed by atoms with Gasteiger partial charge in [-0.1, -0.05) is 0 Å². The molecule has 0 aromatic heterocycles. The highest BCUT2D eigenvalue weighted by molar-refractivity contribution is 5.98. The summed E-state index contributed by atoms with van der Waals surface area (Å²) in [4.78, 5) is 23.9. The van der Waals surface area contributed by atoms with Crippen LogP contribution in [0.3, 0.4) is 0 Å². The van der Waals surface area contributed by atoms with Crippen LogP contribution in [0.2, 0.25) is 0 Å². The van der Waals surface area contributed by atoms with Crippen molar-refractivity contribution in [2.45, 2.75) is 12.5 Å². The molecule has 0 bridgehead atoms. The van der Waals surface area contributed by atoms with Gasteiger partial charge in [-0.05, 0) is 18.2 Å². The minimum Gasteiger partial charge on any atom is -0.482 e. The fraction of sp³-hybridized carbons (Fsp3) is 0.333. The number of carbonyl (C=O) groups excluding carboxylic acids is 1. The Morgan fingerprint density at radius 3 is 2.95 bits per heavy atom. The second-order valence-electron chi connectivity index (χ2n) is 4.38. The van der Waals surface area contributed by atoms with Crippen LogP contribution in [0, 0.1) is 0 Å². The second-order valence-corrected chi connectivity index (χ2v) is 4.38. The summed E-state index contributed by atoms with van der Waals surface area (Å²) in [7, 11) is 0. The van der Waals surface area contributed by atoms with Gasteiger partial charge in [0.15, 0.2) is 6.61 Å². The zero-order valence-electron chi connectivity index (χ0n) is 10.2. The van der Waals surface area contributed by atoms with E-state index in [-0.39, 0.29) is 25.5 Å². The number of fused-ring (bicyclic) bond motifs is 1. The molecule has 102 valence electrons. The number of rotatable bonds is 4. The molecule has 7 nitrogen and oxygen atoms in total. The summed E-state index contributed by atoms with van der Waals surface area (Å²) >= 11 is 0. The Morgan fingerprint density at radius 2 is 2.26 bits per heavy atom. The molecule has 1 aromatic rings. The molecule has 7 heteroatoms. The van der Waals surface area contributed by atoms with Crippen LogP contribution in [0.25, 0.3) is 0 Å². The van der Waals surface area contributed by atoms with Gasteiger partial charge in [0.1, 0.15) is 5.75 Å². The predicted molar refractivity (Wildman–Crippen MR) is 68.9 cm³/mol. The van der Waals surface area contributed by atoms with Crippen molar-refractivity contribution in [3.8, 4) is 5.75 Å². The third-order valence-corrected chi connectivity index (χ3v) is 2.78. The van der Waals surface area contributed by atoms with Gasteiger partial charge in [-0.3, -0.25) is 9.59 Å². The zero-order chi connectivity index (χ0) is 14.0. The maximum absolute atomic E-state index is 11.8. The number of ether oxygens (including phenoxy) is 1. The van der Waals surface area contributed by atoms with Crippen LogP contribution in [-0.2, 0) is 9.59 Å². The van der Waals surface area contributed by atoms with E-state index < -0.39 is 12.0 Å². The number of carboxylic acid groups (broad SMARTS) is 1. The Kier molecular flexibility index (Phi) is 3.57. The molecule has 1 aliphatic heterocycles. The van der Waals surface area contributed by atoms with E-state index in [1.54, 1.807) is 18.2 Å². The van der Waals surface area contributed by atoms with Crippen LogP contribution < -0.4 is 21.1 Å². The van der Waals surface area contributed by atoms with Gasteiger partial charge < -0.3 is 26.2 Å². The van der Waals surface area contributed by atoms with E-state index >= 15 is 0 Å². The highest BCUT2D eigenvalue weighted by Crippen LogP contribution is 2.33. The molecule has 5 N–H and O–H groups in total. The minimum absolute atomic E-state index is 0.0866. The highest BCUT2D eigenvalue weighted by Gasteiger charge is 2.27. The van der Waals surface area contributed by atoms with Crippen molar-refractivity contribution in [2.75, 3.05) is 23.8 Å². The first-order valence-corrected chi connectivity index (χ1v) is 5.77. The number of carbonyl (C=O) groups is 2. The van der Waals surface area contributed by atoms with Crippen LogP contribution in [0.4, 0.5) is 11.4 Å². The molecule has 1 unspecified atom stereocenters. The second kappa shape index (κ2) is 5.15. The lowest BCUT2D eigenvalue weighted by Gasteiger charge is -2.31. The molecule has 0 aliphatic carbocycles. The number of hydrogen-bond acceptors (Lipinski definition) is 5. The van der Waals surface area contributed by atoms with Gasteiger partial charge in [-0.25, -0.2) is 0 Å². The van der Waals surface area contributed by atoms with Crippen molar-refractivity contribution in [2.24, 2.45) is 5.73 Å². The molecule has 19 heavy (non-hydrogen) atoms. The van der Waals surface area contributed by atoms with E-state index in [4.69, 9.17) is 21.3 Å². The summed E-state index contributed by atoms with van der Waals surface area (Å²) in [5, 5.41) is 8.69. The molecule has 1 aliphatic rings. The molecule has 1 heterocycles. The van der Waals surface area contributed by atoms with E-state index in [0.29, 0.717) is 17.1 Å². The molecule has 2 rings (SSSR count). The maximum atomic E-state index is 11.8. The lowest BCUT2D eigenvalue weighted by molar-refractivity contribution is -0.137. The summed E-state index contributed by atoms with van der Waals surface area (Å²) in [5.41, 5.74) is 12.4. The van der Waals surface area contributed by atoms with Crippen LogP contribution in [-0.4, -0.2) is 36.2 Å². The molecule has 0 spiro atoms. The van der Waals surface area contributed by atoms with Gasteiger partial charge in [0.05, 0.1) is 12.1 Å². The summed E-state index contributed by atoms with van der Waals surface area (Å²) < 4.78 is 5.28. The highest BCUT2D eigenvalue weighted by atomic mass is 16.5. The number of benzene rings is 1. The Labute approximate surface area is 109 Å². The zero-order valence-corrected chi connectivity index (χ0v) is 10.2. The average molecular weight is 265 g/mol. The van der Waals surface area contributed by atoms with Gasteiger partial charge in [-0.15, -0.1) is 0 Å². The predicted octanol–water partition coefficient (Wildman–Crippen LogP) is -0.204. The third kappa shape index (κ3) is 2.94. The Balaban J connectivity index is 2.22. The summed E-state index contributed by atoms with van der Waals surface area (Å²) in [5.74, 6) is -0.726. The molecular formula is C12H15N3O4. The van der Waals surface area contributed by atoms with Gasteiger partial charge in [-0.2, -0.15) is 0 Å². The normalized spacial score (nSPS) is 15.6. The van der Waals surface area contributed by atoms with Crippen LogP contribution in [0.15, 0.2) is 18.2 Å². The third-order valence-electron chi connectivity index (χ3n) is 2.78. The fourth-order valence-corrected chi connectivity index (χ4v) is 1.94. The Bertz CT molecular complexity index is 518. The molecular weight excluding hydrogens is 250 g/mol. The standard InChI is InChI=1S/C12H15N3O4/c13-7-1-2-10-9(3-7)15(11(16)6-19-10)5-8(14)4-12(17)18/h1-3,8H,4-6,13-14H2,(H,17,18). The molecule has 1 aromatic carbocycles. The minimum atomic E-state index is -0.999. The van der Waals surface area contributed by atoms with E-state index in [1.165, 1.54) is 4.90 Å². The first-order chi connectivity index (χ1) is 8.97. The molecule has 0 radical (unpaired) electrons. The maximum Gasteiger partial charge on any atom is 0.304 e. The number of amides is 1. The van der Waals surface area contributed by atoms with E-state index in [1.807, 2.05) is 0 Å². The van der Waals surface area contributed by atoms with Crippen LogP contribution in [0.5, 0.6) is 5.75 Å². The number of nitrogens with two attached hydrogens (primary N) is 2. The number of anilines is 2. The first-order valence-electron chi connectivity index (χ1n) is 5.77. The van der Waals surface area contributed by atoms with E-state index in [9.17, 15) is 9.59 Å². The van der Waals surface area contributed by atoms with Crippen molar-refractivity contribution >= 4 is 23.3 Å². The van der Waals surface area contributed by atoms with Gasteiger partial charge >= 0.3 is 5.97 Å². The number of hydrogen-bond donors (Lipinski definition) is 3. The molecule has 0 fully saturated rings. The molecule has 1 atom stereocenters. The monoisotopic (exact) mass is 265 g/mol. The van der Waals surface area contributed by atoms with Crippen LogP contribution in [0.1, 0.15) is 6.42 Å². The Morgan fingerprint density at radius 1 is 1.53 bits per heavy atom. The topological polar surface area (TPSA) is 119 Å². The smallest absolute Gasteiger partial charge is 0.304 e.